The lowest BCUT2D eigenvalue weighted by Crippen LogP contribution is -1.99. The molecule has 0 aliphatic rings. The number of aryl methyl sites for hydroxylation is 1. The molecule has 80 valence electrons. The summed E-state index contributed by atoms with van der Waals surface area (Å²) in [6.07, 6.45) is 5.72. The minimum Gasteiger partial charge on any atom is -0.265 e. The normalized spacial score (nSPS) is 11.1. The smallest absolute Gasteiger partial charge is 0.0692 e. The molecule has 2 nitrogen and oxygen atoms in total. The first-order valence-electron chi connectivity index (χ1n) is 5.42. The molecule has 0 saturated carbocycles. The molecule has 0 bridgehead atoms. The summed E-state index contributed by atoms with van der Waals surface area (Å²) in [6.45, 7) is 3.27. The van der Waals surface area contributed by atoms with E-state index in [0.717, 1.165) is 6.54 Å². The van der Waals surface area contributed by atoms with Crippen molar-refractivity contribution in [2.24, 2.45) is 0 Å². The molecule has 0 radical (unpaired) electrons. The molecule has 0 fully saturated rings. The number of unbranched alkanes of at least 4 members (excludes halogenated alkanes) is 2. The van der Waals surface area contributed by atoms with Gasteiger partial charge in [0.15, 0.2) is 0 Å². The van der Waals surface area contributed by atoms with Crippen molar-refractivity contribution in [3.8, 4) is 0 Å². The van der Waals surface area contributed by atoms with Crippen LogP contribution in [0.4, 0.5) is 0 Å². The Morgan fingerprint density at radius 2 is 2.20 bits per heavy atom. The van der Waals surface area contributed by atoms with Gasteiger partial charge >= 0.3 is 0 Å². The van der Waals surface area contributed by atoms with Crippen LogP contribution in [-0.2, 0) is 6.54 Å². The summed E-state index contributed by atoms with van der Waals surface area (Å²) in [6, 6.07) is 6.47. The summed E-state index contributed by atoms with van der Waals surface area (Å²) in [4.78, 5) is 0. The summed E-state index contributed by atoms with van der Waals surface area (Å²) in [5, 5.41) is 5.66. The van der Waals surface area contributed by atoms with Crippen LogP contribution in [0.5, 0.6) is 0 Å². The van der Waals surface area contributed by atoms with Gasteiger partial charge in [-0.25, -0.2) is 0 Å². The third-order valence-electron chi connectivity index (χ3n) is 2.58. The Morgan fingerprint density at radius 1 is 1.33 bits per heavy atom. The van der Waals surface area contributed by atoms with E-state index in [2.05, 4.69) is 57.5 Å². The maximum Gasteiger partial charge on any atom is 0.0692 e. The summed E-state index contributed by atoms with van der Waals surface area (Å²) in [7, 11) is 0. The van der Waals surface area contributed by atoms with Crippen LogP contribution in [-0.4, -0.2) is 9.78 Å². The van der Waals surface area contributed by atoms with E-state index in [1.165, 1.54) is 33.7 Å². The number of aromatic nitrogens is 2. The minimum atomic E-state index is 1.04. The summed E-state index contributed by atoms with van der Waals surface area (Å²) < 4.78 is 3.39. The zero-order valence-corrected chi connectivity index (χ0v) is 11.1. The Balaban J connectivity index is 2.23. The molecule has 2 rings (SSSR count). The molecule has 1 aromatic carbocycles. The van der Waals surface area contributed by atoms with Gasteiger partial charge in [-0.1, -0.05) is 25.8 Å². The third kappa shape index (κ3) is 2.51. The quantitative estimate of drug-likeness (QED) is 0.619. The molecule has 0 spiro atoms. The molecular weight excluding hydrogens is 299 g/mol. The Labute approximate surface area is 104 Å². The fraction of sp³-hybridized carbons (Fsp3) is 0.417. The van der Waals surface area contributed by atoms with Crippen LogP contribution in [0.2, 0.25) is 0 Å². The van der Waals surface area contributed by atoms with Gasteiger partial charge in [-0.3, -0.25) is 4.68 Å². The van der Waals surface area contributed by atoms with Gasteiger partial charge in [-0.2, -0.15) is 5.10 Å². The van der Waals surface area contributed by atoms with Gasteiger partial charge in [0.25, 0.3) is 0 Å². The number of rotatable bonds is 4. The Bertz CT molecular complexity index is 448. The van der Waals surface area contributed by atoms with Crippen LogP contribution < -0.4 is 0 Å². The number of benzene rings is 1. The number of hydrogen-bond donors (Lipinski definition) is 0. The highest BCUT2D eigenvalue weighted by atomic mass is 127. The van der Waals surface area contributed by atoms with Gasteiger partial charge in [0.1, 0.15) is 0 Å². The maximum atomic E-state index is 4.42. The van der Waals surface area contributed by atoms with E-state index in [0.29, 0.717) is 0 Å². The van der Waals surface area contributed by atoms with Crippen molar-refractivity contribution in [2.75, 3.05) is 0 Å². The van der Waals surface area contributed by atoms with Crippen LogP contribution in [0.25, 0.3) is 10.9 Å². The van der Waals surface area contributed by atoms with Crippen molar-refractivity contribution in [2.45, 2.75) is 32.7 Å². The average molecular weight is 314 g/mol. The molecule has 0 aliphatic heterocycles. The predicted octanol–water partition coefficient (Wildman–Crippen LogP) is 3.83. The largest absolute Gasteiger partial charge is 0.265 e. The average Bonchev–Trinajstić information content (AvgIpc) is 2.62. The highest BCUT2D eigenvalue weighted by Crippen LogP contribution is 2.17. The monoisotopic (exact) mass is 314 g/mol. The van der Waals surface area contributed by atoms with Crippen LogP contribution in [0.1, 0.15) is 26.2 Å². The van der Waals surface area contributed by atoms with Crippen LogP contribution in [0.15, 0.2) is 24.4 Å². The van der Waals surface area contributed by atoms with Gasteiger partial charge < -0.3 is 0 Å². The third-order valence-corrected chi connectivity index (χ3v) is 3.25. The maximum absolute atomic E-state index is 4.42. The first-order chi connectivity index (χ1) is 7.31. The van der Waals surface area contributed by atoms with Crippen LogP contribution in [0, 0.1) is 3.57 Å². The molecule has 2 aromatic rings. The van der Waals surface area contributed by atoms with E-state index in [-0.39, 0.29) is 0 Å². The van der Waals surface area contributed by atoms with E-state index in [1.807, 2.05) is 6.20 Å². The van der Waals surface area contributed by atoms with E-state index in [4.69, 9.17) is 0 Å². The molecule has 0 atom stereocenters. The fourth-order valence-electron chi connectivity index (χ4n) is 1.73. The van der Waals surface area contributed by atoms with Gasteiger partial charge in [0.2, 0.25) is 0 Å². The van der Waals surface area contributed by atoms with Gasteiger partial charge in [-0.05, 0) is 41.1 Å². The highest BCUT2D eigenvalue weighted by molar-refractivity contribution is 14.1. The molecule has 0 unspecified atom stereocenters. The second-order valence-electron chi connectivity index (χ2n) is 3.78. The van der Waals surface area contributed by atoms with Crippen molar-refractivity contribution in [3.63, 3.8) is 0 Å². The number of hydrogen-bond acceptors (Lipinski definition) is 1. The summed E-state index contributed by atoms with van der Waals surface area (Å²) in [5.74, 6) is 0. The van der Waals surface area contributed by atoms with E-state index < -0.39 is 0 Å². The zero-order chi connectivity index (χ0) is 10.7. The van der Waals surface area contributed by atoms with Crippen molar-refractivity contribution in [3.05, 3.63) is 28.0 Å². The molecule has 0 N–H and O–H groups in total. The Morgan fingerprint density at radius 3 is 3.00 bits per heavy atom. The minimum absolute atomic E-state index is 1.04. The zero-order valence-electron chi connectivity index (χ0n) is 8.91. The van der Waals surface area contributed by atoms with Gasteiger partial charge in [0, 0.05) is 15.5 Å². The first-order valence-corrected chi connectivity index (χ1v) is 6.50. The Kier molecular flexibility index (Phi) is 3.61. The number of halogens is 1. The molecule has 1 aromatic heterocycles. The second-order valence-corrected chi connectivity index (χ2v) is 5.02. The predicted molar refractivity (Wildman–Crippen MR) is 72.0 cm³/mol. The summed E-state index contributed by atoms with van der Waals surface area (Å²) >= 11 is 2.35. The van der Waals surface area contributed by atoms with Gasteiger partial charge in [0.05, 0.1) is 11.7 Å². The van der Waals surface area contributed by atoms with Crippen LogP contribution >= 0.6 is 22.6 Å². The molecule has 0 saturated heterocycles. The molecule has 15 heavy (non-hydrogen) atoms. The second kappa shape index (κ2) is 4.96. The van der Waals surface area contributed by atoms with Crippen molar-refractivity contribution < 1.29 is 0 Å². The lowest BCUT2D eigenvalue weighted by Gasteiger charge is -2.02. The van der Waals surface area contributed by atoms with Crippen LogP contribution in [0.3, 0.4) is 0 Å². The fourth-order valence-corrected chi connectivity index (χ4v) is 2.21. The number of nitrogens with zero attached hydrogens (tertiary/aromatic N) is 2. The lowest BCUT2D eigenvalue weighted by molar-refractivity contribution is 0.567. The van der Waals surface area contributed by atoms with Gasteiger partial charge in [-0.15, -0.1) is 0 Å². The topological polar surface area (TPSA) is 17.8 Å². The number of fused-ring (bicyclic) bond motifs is 1. The molecule has 0 aliphatic carbocycles. The van der Waals surface area contributed by atoms with Crippen molar-refractivity contribution in [1.29, 1.82) is 0 Å². The van der Waals surface area contributed by atoms with Crippen molar-refractivity contribution in [1.82, 2.24) is 9.78 Å². The van der Waals surface area contributed by atoms with E-state index >= 15 is 0 Å². The first kappa shape index (κ1) is 10.9. The standard InChI is InChI=1S/C12H15IN2/c1-2-3-4-7-15-12-8-11(13)6-5-10(12)9-14-15/h5-6,8-9H,2-4,7H2,1H3. The van der Waals surface area contributed by atoms with E-state index in [9.17, 15) is 0 Å². The van der Waals surface area contributed by atoms with E-state index in [1.54, 1.807) is 0 Å². The highest BCUT2D eigenvalue weighted by Gasteiger charge is 2.02. The molecule has 3 heteroatoms. The molecular formula is C12H15IN2. The van der Waals surface area contributed by atoms with Crippen molar-refractivity contribution >= 4 is 33.5 Å². The molecule has 0 amide bonds. The lowest BCUT2D eigenvalue weighted by atomic mass is 10.2. The molecule has 1 heterocycles. The summed E-state index contributed by atoms with van der Waals surface area (Å²) in [5.41, 5.74) is 1.26. The SMILES string of the molecule is CCCCCn1ncc2ccc(I)cc21. The Hall–Kier alpha value is -0.580.